The van der Waals surface area contributed by atoms with Gasteiger partial charge in [-0.25, -0.2) is 0 Å². The Kier molecular flexibility index (Phi) is 9.85. The molecule has 5 unspecified atom stereocenters. The highest BCUT2D eigenvalue weighted by molar-refractivity contribution is 5.94. The van der Waals surface area contributed by atoms with Crippen LogP contribution in [0.4, 0.5) is 0 Å². The number of hydrogen-bond acceptors (Lipinski definition) is 5. The molecule has 0 fully saturated rings. The Morgan fingerprint density at radius 1 is 0.846 bits per heavy atom. The van der Waals surface area contributed by atoms with Gasteiger partial charge in [-0.15, -0.1) is 0 Å². The summed E-state index contributed by atoms with van der Waals surface area (Å²) in [5, 5.41) is 16.4. The van der Waals surface area contributed by atoms with E-state index in [1.807, 2.05) is 6.92 Å². The summed E-state index contributed by atoms with van der Waals surface area (Å²) in [5.74, 6) is -3.05. The first-order chi connectivity index (χ1) is 11.9. The highest BCUT2D eigenvalue weighted by Gasteiger charge is 2.30. The first-order valence-electron chi connectivity index (χ1n) is 8.81. The molecule has 26 heavy (non-hydrogen) atoms. The maximum absolute atomic E-state index is 12.4. The first-order valence-corrected chi connectivity index (χ1v) is 8.81. The number of aliphatic carboxylic acids is 1. The molecule has 9 nitrogen and oxygen atoms in total. The van der Waals surface area contributed by atoms with Gasteiger partial charge in [0.25, 0.3) is 0 Å². The van der Waals surface area contributed by atoms with Crippen molar-refractivity contribution in [2.24, 2.45) is 17.6 Å². The Morgan fingerprint density at radius 2 is 1.35 bits per heavy atom. The fourth-order valence-electron chi connectivity index (χ4n) is 2.02. The molecule has 0 aliphatic carbocycles. The van der Waals surface area contributed by atoms with Crippen LogP contribution in [0, 0.1) is 11.8 Å². The van der Waals surface area contributed by atoms with Gasteiger partial charge in [-0.1, -0.05) is 34.1 Å². The molecule has 0 radical (unpaired) electrons. The van der Waals surface area contributed by atoms with E-state index in [9.17, 15) is 19.2 Å². The lowest BCUT2D eigenvalue weighted by Crippen LogP contribution is -2.58. The average Bonchev–Trinajstić information content (AvgIpc) is 2.57. The minimum Gasteiger partial charge on any atom is -0.480 e. The van der Waals surface area contributed by atoms with Crippen molar-refractivity contribution in [3.05, 3.63) is 0 Å². The Hall–Kier alpha value is -2.16. The van der Waals surface area contributed by atoms with Crippen molar-refractivity contribution in [3.63, 3.8) is 0 Å². The van der Waals surface area contributed by atoms with E-state index in [0.29, 0.717) is 6.42 Å². The molecule has 0 saturated heterocycles. The van der Waals surface area contributed by atoms with E-state index < -0.39 is 47.9 Å². The van der Waals surface area contributed by atoms with Crippen molar-refractivity contribution in [2.45, 2.75) is 72.1 Å². The van der Waals surface area contributed by atoms with Gasteiger partial charge in [0.1, 0.15) is 18.1 Å². The molecule has 0 bridgehead atoms. The van der Waals surface area contributed by atoms with Gasteiger partial charge < -0.3 is 26.8 Å². The lowest BCUT2D eigenvalue weighted by atomic mass is 9.97. The Morgan fingerprint density at radius 3 is 1.77 bits per heavy atom. The zero-order chi connectivity index (χ0) is 20.6. The van der Waals surface area contributed by atoms with E-state index in [1.165, 1.54) is 13.8 Å². The average molecular weight is 372 g/mol. The van der Waals surface area contributed by atoms with Crippen LogP contribution in [0.25, 0.3) is 0 Å². The number of carboxylic acids is 1. The van der Waals surface area contributed by atoms with Gasteiger partial charge in [-0.05, 0) is 25.7 Å². The second-order valence-corrected chi connectivity index (χ2v) is 6.94. The monoisotopic (exact) mass is 372 g/mol. The molecule has 6 N–H and O–H groups in total. The SMILES string of the molecule is CCC(C)C(NC(=O)C(C)NC(=O)C(N)C(C)C)C(=O)NC(C)C(=O)O. The van der Waals surface area contributed by atoms with Gasteiger partial charge in [-0.3, -0.25) is 19.2 Å². The predicted octanol–water partition coefficient (Wildman–Crippen LogP) is -0.405. The Labute approximate surface area is 154 Å². The van der Waals surface area contributed by atoms with E-state index >= 15 is 0 Å². The lowest BCUT2D eigenvalue weighted by Gasteiger charge is -2.26. The van der Waals surface area contributed by atoms with Crippen LogP contribution in [-0.2, 0) is 19.2 Å². The van der Waals surface area contributed by atoms with Crippen molar-refractivity contribution in [1.29, 1.82) is 0 Å². The molecule has 0 aliphatic heterocycles. The molecule has 0 heterocycles. The summed E-state index contributed by atoms with van der Waals surface area (Å²) >= 11 is 0. The van der Waals surface area contributed by atoms with E-state index in [2.05, 4.69) is 16.0 Å². The molecule has 150 valence electrons. The van der Waals surface area contributed by atoms with Crippen LogP contribution in [0.3, 0.4) is 0 Å². The van der Waals surface area contributed by atoms with Crippen LogP contribution < -0.4 is 21.7 Å². The largest absolute Gasteiger partial charge is 0.480 e. The molecular weight excluding hydrogens is 340 g/mol. The number of hydrogen-bond donors (Lipinski definition) is 5. The van der Waals surface area contributed by atoms with Crippen LogP contribution in [0.15, 0.2) is 0 Å². The summed E-state index contributed by atoms with van der Waals surface area (Å²) in [4.78, 5) is 47.6. The van der Waals surface area contributed by atoms with E-state index in [4.69, 9.17) is 10.8 Å². The number of rotatable bonds is 10. The zero-order valence-corrected chi connectivity index (χ0v) is 16.3. The molecular formula is C17H32N4O5. The number of amides is 3. The molecule has 0 aliphatic rings. The quantitative estimate of drug-likeness (QED) is 0.352. The molecule has 0 aromatic carbocycles. The van der Waals surface area contributed by atoms with Crippen molar-refractivity contribution in [3.8, 4) is 0 Å². The predicted molar refractivity (Wildman–Crippen MR) is 97.0 cm³/mol. The highest BCUT2D eigenvalue weighted by atomic mass is 16.4. The maximum atomic E-state index is 12.4. The van der Waals surface area contributed by atoms with Gasteiger partial charge >= 0.3 is 5.97 Å². The van der Waals surface area contributed by atoms with E-state index in [0.717, 1.165) is 0 Å². The molecule has 3 amide bonds. The maximum Gasteiger partial charge on any atom is 0.325 e. The molecule has 0 aromatic rings. The lowest BCUT2D eigenvalue weighted by molar-refractivity contribution is -0.142. The number of carboxylic acid groups (broad SMARTS) is 1. The van der Waals surface area contributed by atoms with Crippen molar-refractivity contribution in [1.82, 2.24) is 16.0 Å². The van der Waals surface area contributed by atoms with E-state index in [-0.39, 0.29) is 11.8 Å². The van der Waals surface area contributed by atoms with Gasteiger partial charge in [0, 0.05) is 0 Å². The van der Waals surface area contributed by atoms with Crippen LogP contribution in [0.1, 0.15) is 48.0 Å². The summed E-state index contributed by atoms with van der Waals surface area (Å²) < 4.78 is 0. The first kappa shape index (κ1) is 23.8. The molecule has 0 saturated carbocycles. The Bertz CT molecular complexity index is 523. The molecule has 0 aromatic heterocycles. The highest BCUT2D eigenvalue weighted by Crippen LogP contribution is 2.09. The summed E-state index contributed by atoms with van der Waals surface area (Å²) in [6.45, 7) is 10.0. The molecule has 5 atom stereocenters. The third-order valence-electron chi connectivity index (χ3n) is 4.30. The normalized spacial score (nSPS) is 16.8. The molecule has 0 rings (SSSR count). The van der Waals surface area contributed by atoms with Crippen molar-refractivity contribution < 1.29 is 24.3 Å². The minimum atomic E-state index is -1.17. The molecule has 0 spiro atoms. The number of nitrogens with two attached hydrogens (primary N) is 1. The number of nitrogens with one attached hydrogen (secondary N) is 3. The standard InChI is InChI=1S/C17H32N4O5/c1-7-9(4)13(16(24)20-11(6)17(25)26)21-14(22)10(5)19-15(23)12(18)8(2)3/h8-13H,7,18H2,1-6H3,(H,19,23)(H,20,24)(H,21,22)(H,25,26). The summed E-state index contributed by atoms with van der Waals surface area (Å²) in [6, 6.07) is -3.61. The van der Waals surface area contributed by atoms with Crippen molar-refractivity contribution in [2.75, 3.05) is 0 Å². The topological polar surface area (TPSA) is 151 Å². The van der Waals surface area contributed by atoms with E-state index in [1.54, 1.807) is 20.8 Å². The van der Waals surface area contributed by atoms with Gasteiger partial charge in [0.15, 0.2) is 0 Å². The zero-order valence-electron chi connectivity index (χ0n) is 16.3. The van der Waals surface area contributed by atoms with Gasteiger partial charge in [0.2, 0.25) is 17.7 Å². The number of carbonyl (C=O) groups excluding carboxylic acids is 3. The van der Waals surface area contributed by atoms with Crippen LogP contribution in [0.2, 0.25) is 0 Å². The second kappa shape index (κ2) is 10.7. The molecule has 9 heteroatoms. The fraction of sp³-hybridized carbons (Fsp3) is 0.765. The van der Waals surface area contributed by atoms with Gasteiger partial charge in [0.05, 0.1) is 6.04 Å². The fourth-order valence-corrected chi connectivity index (χ4v) is 2.02. The number of carbonyl (C=O) groups is 4. The van der Waals surface area contributed by atoms with Crippen LogP contribution in [-0.4, -0.2) is 53.0 Å². The Balaban J connectivity index is 5.00. The summed E-state index contributed by atoms with van der Waals surface area (Å²) in [5.41, 5.74) is 5.75. The smallest absolute Gasteiger partial charge is 0.325 e. The third-order valence-corrected chi connectivity index (χ3v) is 4.30. The van der Waals surface area contributed by atoms with Gasteiger partial charge in [-0.2, -0.15) is 0 Å². The van der Waals surface area contributed by atoms with Crippen LogP contribution >= 0.6 is 0 Å². The van der Waals surface area contributed by atoms with Crippen molar-refractivity contribution >= 4 is 23.7 Å². The second-order valence-electron chi connectivity index (χ2n) is 6.94. The van der Waals surface area contributed by atoms with Crippen LogP contribution in [0.5, 0.6) is 0 Å². The summed E-state index contributed by atoms with van der Waals surface area (Å²) in [6.07, 6.45) is 0.596. The minimum absolute atomic E-state index is 0.0820. The third kappa shape index (κ3) is 7.38. The summed E-state index contributed by atoms with van der Waals surface area (Å²) in [7, 11) is 0.